The molecule has 2 aromatic carbocycles. The molecule has 0 radical (unpaired) electrons. The molecule has 172 valence electrons. The molecule has 2 aromatic rings. The third-order valence-corrected chi connectivity index (χ3v) is 6.48. The molecule has 0 bridgehead atoms. The van der Waals surface area contributed by atoms with Crippen molar-refractivity contribution in [3.63, 3.8) is 0 Å². The minimum absolute atomic E-state index is 0.0657. The Labute approximate surface area is 199 Å². The first kappa shape index (κ1) is 24.3. The van der Waals surface area contributed by atoms with Crippen LogP contribution < -0.4 is 10.1 Å². The summed E-state index contributed by atoms with van der Waals surface area (Å²) in [5, 5.41) is 3.20. The maximum atomic E-state index is 13.3. The van der Waals surface area contributed by atoms with Crippen LogP contribution in [0, 0.1) is 6.92 Å². The van der Waals surface area contributed by atoms with E-state index in [1.807, 2.05) is 56.3 Å². The van der Waals surface area contributed by atoms with E-state index in [9.17, 15) is 9.59 Å². The average Bonchev–Trinajstić information content (AvgIpc) is 2.79. The summed E-state index contributed by atoms with van der Waals surface area (Å²) in [7, 11) is 0. The zero-order chi connectivity index (χ0) is 22.9. The first-order valence-corrected chi connectivity index (χ1v) is 12.3. The molecular weight excluding hydrogens is 468 g/mol. The molecule has 1 fully saturated rings. The molecule has 0 spiro atoms. The van der Waals surface area contributed by atoms with E-state index in [4.69, 9.17) is 4.74 Å². The molecule has 0 heterocycles. The first-order valence-electron chi connectivity index (χ1n) is 11.5. The summed E-state index contributed by atoms with van der Waals surface area (Å²) < 4.78 is 6.69. The van der Waals surface area contributed by atoms with Crippen LogP contribution in [0.4, 0.5) is 0 Å². The van der Waals surface area contributed by atoms with Crippen molar-refractivity contribution in [2.24, 2.45) is 0 Å². The lowest BCUT2D eigenvalue weighted by Gasteiger charge is -2.32. The van der Waals surface area contributed by atoms with E-state index in [0.717, 1.165) is 41.3 Å². The third kappa shape index (κ3) is 7.09. The largest absolute Gasteiger partial charge is 0.484 e. The highest BCUT2D eigenvalue weighted by molar-refractivity contribution is 9.10. The van der Waals surface area contributed by atoms with Crippen LogP contribution in [0.3, 0.4) is 0 Å². The number of amides is 2. The Morgan fingerprint density at radius 1 is 1.12 bits per heavy atom. The van der Waals surface area contributed by atoms with Crippen LogP contribution >= 0.6 is 15.9 Å². The Balaban J connectivity index is 1.74. The number of carbonyl (C=O) groups is 2. The van der Waals surface area contributed by atoms with Crippen molar-refractivity contribution in [1.82, 2.24) is 10.2 Å². The SMILES string of the molecule is CC[C@H](C(=O)NC1CCCCC1)N(Cc1cccc(C)c1)C(=O)COc1ccc(Br)cc1. The van der Waals surface area contributed by atoms with Crippen molar-refractivity contribution in [2.45, 2.75) is 71.0 Å². The summed E-state index contributed by atoms with van der Waals surface area (Å²) in [5.74, 6) is 0.362. The van der Waals surface area contributed by atoms with Gasteiger partial charge in [0, 0.05) is 17.1 Å². The van der Waals surface area contributed by atoms with Gasteiger partial charge in [0.05, 0.1) is 0 Å². The topological polar surface area (TPSA) is 58.6 Å². The number of hydrogen-bond donors (Lipinski definition) is 1. The van der Waals surface area contributed by atoms with Crippen LogP contribution in [0.15, 0.2) is 53.0 Å². The zero-order valence-electron chi connectivity index (χ0n) is 19.0. The number of hydrogen-bond acceptors (Lipinski definition) is 3. The van der Waals surface area contributed by atoms with Crippen LogP contribution in [0.5, 0.6) is 5.75 Å². The Bertz CT molecular complexity index is 894. The number of rotatable bonds is 9. The summed E-state index contributed by atoms with van der Waals surface area (Å²) in [6.45, 7) is 4.25. The number of benzene rings is 2. The second kappa shape index (κ2) is 12.0. The Kier molecular flexibility index (Phi) is 9.15. The molecule has 1 aliphatic rings. The Morgan fingerprint density at radius 2 is 1.84 bits per heavy atom. The quantitative estimate of drug-likeness (QED) is 0.501. The molecule has 0 saturated heterocycles. The highest BCUT2D eigenvalue weighted by atomic mass is 79.9. The monoisotopic (exact) mass is 500 g/mol. The van der Waals surface area contributed by atoms with Gasteiger partial charge in [-0.3, -0.25) is 9.59 Å². The second-order valence-corrected chi connectivity index (χ2v) is 9.44. The van der Waals surface area contributed by atoms with Gasteiger partial charge in [-0.1, -0.05) is 71.9 Å². The highest BCUT2D eigenvalue weighted by Gasteiger charge is 2.30. The number of aryl methyl sites for hydroxylation is 1. The first-order chi connectivity index (χ1) is 15.5. The molecule has 2 amide bonds. The van der Waals surface area contributed by atoms with E-state index in [0.29, 0.717) is 18.7 Å². The van der Waals surface area contributed by atoms with Gasteiger partial charge in [0.1, 0.15) is 11.8 Å². The number of nitrogens with one attached hydrogen (secondary N) is 1. The molecule has 3 rings (SSSR count). The van der Waals surface area contributed by atoms with Gasteiger partial charge in [-0.05, 0) is 56.0 Å². The third-order valence-electron chi connectivity index (χ3n) is 5.95. The number of nitrogens with zero attached hydrogens (tertiary/aromatic N) is 1. The molecule has 1 atom stereocenters. The normalized spacial score (nSPS) is 15.1. The second-order valence-electron chi connectivity index (χ2n) is 8.52. The fraction of sp³-hybridized carbons (Fsp3) is 0.462. The van der Waals surface area contributed by atoms with Crippen LogP contribution in [-0.2, 0) is 16.1 Å². The molecule has 1 aliphatic carbocycles. The van der Waals surface area contributed by atoms with E-state index >= 15 is 0 Å². The average molecular weight is 501 g/mol. The van der Waals surface area contributed by atoms with Crippen molar-refractivity contribution in [2.75, 3.05) is 6.61 Å². The predicted octanol–water partition coefficient (Wildman–Crippen LogP) is 5.39. The lowest BCUT2D eigenvalue weighted by Crippen LogP contribution is -2.52. The van der Waals surface area contributed by atoms with E-state index in [-0.39, 0.29) is 24.5 Å². The Morgan fingerprint density at radius 3 is 2.50 bits per heavy atom. The molecule has 5 nitrogen and oxygen atoms in total. The molecular formula is C26H33BrN2O3. The van der Waals surface area contributed by atoms with E-state index in [1.165, 1.54) is 6.42 Å². The van der Waals surface area contributed by atoms with E-state index in [1.54, 1.807) is 4.90 Å². The standard InChI is InChI=1S/C26H33BrN2O3/c1-3-24(26(31)28-22-10-5-4-6-11-22)29(17-20-9-7-8-19(2)16-20)25(30)18-32-23-14-12-21(27)13-15-23/h7-9,12-16,22,24H,3-6,10-11,17-18H2,1-2H3,(H,28,31)/t24-/m1/s1. The smallest absolute Gasteiger partial charge is 0.261 e. The summed E-state index contributed by atoms with van der Waals surface area (Å²) in [6.07, 6.45) is 6.11. The molecule has 1 N–H and O–H groups in total. The van der Waals surface area contributed by atoms with E-state index < -0.39 is 6.04 Å². The fourth-order valence-corrected chi connectivity index (χ4v) is 4.49. The van der Waals surface area contributed by atoms with Gasteiger partial charge in [-0.25, -0.2) is 0 Å². The molecule has 0 aromatic heterocycles. The summed E-state index contributed by atoms with van der Waals surface area (Å²) in [6, 6.07) is 15.1. The van der Waals surface area contributed by atoms with Gasteiger partial charge in [0.2, 0.25) is 5.91 Å². The summed E-state index contributed by atoms with van der Waals surface area (Å²) >= 11 is 3.40. The van der Waals surface area contributed by atoms with Gasteiger partial charge in [-0.15, -0.1) is 0 Å². The summed E-state index contributed by atoms with van der Waals surface area (Å²) in [5.41, 5.74) is 2.13. The highest BCUT2D eigenvalue weighted by Crippen LogP contribution is 2.20. The lowest BCUT2D eigenvalue weighted by atomic mass is 9.95. The van der Waals surface area contributed by atoms with Crippen LogP contribution in [0.1, 0.15) is 56.6 Å². The number of carbonyl (C=O) groups excluding carboxylic acids is 2. The minimum Gasteiger partial charge on any atom is -0.484 e. The van der Waals surface area contributed by atoms with Gasteiger partial charge in [0.15, 0.2) is 6.61 Å². The van der Waals surface area contributed by atoms with Crippen molar-refractivity contribution in [1.29, 1.82) is 0 Å². The van der Waals surface area contributed by atoms with Gasteiger partial charge in [-0.2, -0.15) is 0 Å². The van der Waals surface area contributed by atoms with Crippen molar-refractivity contribution < 1.29 is 14.3 Å². The van der Waals surface area contributed by atoms with Crippen LogP contribution in [0.2, 0.25) is 0 Å². The molecule has 6 heteroatoms. The van der Waals surface area contributed by atoms with Gasteiger partial charge in [0.25, 0.3) is 5.91 Å². The van der Waals surface area contributed by atoms with Crippen LogP contribution in [-0.4, -0.2) is 35.4 Å². The maximum Gasteiger partial charge on any atom is 0.261 e. The number of halogens is 1. The molecule has 0 aliphatic heterocycles. The molecule has 1 saturated carbocycles. The summed E-state index contributed by atoms with van der Waals surface area (Å²) in [4.78, 5) is 28.2. The predicted molar refractivity (Wildman–Crippen MR) is 130 cm³/mol. The van der Waals surface area contributed by atoms with Crippen LogP contribution in [0.25, 0.3) is 0 Å². The Hall–Kier alpha value is -2.34. The number of ether oxygens (including phenoxy) is 1. The lowest BCUT2D eigenvalue weighted by molar-refractivity contribution is -0.143. The fourth-order valence-electron chi connectivity index (χ4n) is 4.23. The van der Waals surface area contributed by atoms with Crippen molar-refractivity contribution in [3.8, 4) is 5.75 Å². The zero-order valence-corrected chi connectivity index (χ0v) is 20.6. The van der Waals surface area contributed by atoms with Crippen molar-refractivity contribution in [3.05, 3.63) is 64.1 Å². The molecule has 32 heavy (non-hydrogen) atoms. The molecule has 0 unspecified atom stereocenters. The van der Waals surface area contributed by atoms with E-state index in [2.05, 4.69) is 27.3 Å². The minimum atomic E-state index is -0.529. The van der Waals surface area contributed by atoms with Gasteiger partial charge < -0.3 is 15.0 Å². The van der Waals surface area contributed by atoms with Crippen molar-refractivity contribution >= 4 is 27.7 Å². The van der Waals surface area contributed by atoms with Gasteiger partial charge >= 0.3 is 0 Å². The maximum absolute atomic E-state index is 13.3.